The second kappa shape index (κ2) is 4.73. The molecule has 18 heavy (non-hydrogen) atoms. The molecule has 2 heterocycles. The van der Waals surface area contributed by atoms with Crippen LogP contribution < -0.4 is 0 Å². The molecule has 3 atom stereocenters. The Morgan fingerprint density at radius 2 is 1.89 bits per heavy atom. The fourth-order valence-corrected chi connectivity index (χ4v) is 3.60. The Kier molecular flexibility index (Phi) is 3.08. The summed E-state index contributed by atoms with van der Waals surface area (Å²) in [7, 11) is 0. The van der Waals surface area contributed by atoms with Gasteiger partial charge >= 0.3 is 5.97 Å². The molecule has 96 valence electrons. The van der Waals surface area contributed by atoms with Crippen molar-refractivity contribution in [3.63, 3.8) is 0 Å². The third-order valence-electron chi connectivity index (χ3n) is 4.49. The largest absolute Gasteiger partial charge is 0.481 e. The van der Waals surface area contributed by atoms with Gasteiger partial charge < -0.3 is 5.11 Å². The summed E-state index contributed by atoms with van der Waals surface area (Å²) in [6.45, 7) is 0.903. The van der Waals surface area contributed by atoms with E-state index in [1.807, 2.05) is 6.07 Å². The molecule has 1 aromatic carbocycles. The highest BCUT2D eigenvalue weighted by Crippen LogP contribution is 2.40. The zero-order valence-corrected chi connectivity index (χ0v) is 10.5. The van der Waals surface area contributed by atoms with Crippen LogP contribution >= 0.6 is 0 Å². The Hall–Kier alpha value is -1.35. The molecule has 0 saturated carbocycles. The van der Waals surface area contributed by atoms with Crippen LogP contribution in [0.15, 0.2) is 30.3 Å². The third-order valence-corrected chi connectivity index (χ3v) is 4.49. The van der Waals surface area contributed by atoms with Crippen molar-refractivity contribution >= 4 is 5.97 Å². The molecule has 2 saturated heterocycles. The SMILES string of the molecule is O=C(O)C1CCC2CCC1N2Cc1ccccc1. The Morgan fingerprint density at radius 3 is 2.61 bits per heavy atom. The first-order valence-electron chi connectivity index (χ1n) is 6.78. The summed E-state index contributed by atoms with van der Waals surface area (Å²) in [5, 5.41) is 9.32. The topological polar surface area (TPSA) is 40.5 Å². The molecule has 3 nitrogen and oxygen atoms in total. The lowest BCUT2D eigenvalue weighted by Crippen LogP contribution is -2.46. The fourth-order valence-electron chi connectivity index (χ4n) is 3.60. The van der Waals surface area contributed by atoms with Gasteiger partial charge in [-0.3, -0.25) is 9.69 Å². The fraction of sp³-hybridized carbons (Fsp3) is 0.533. The first-order valence-corrected chi connectivity index (χ1v) is 6.78. The van der Waals surface area contributed by atoms with E-state index in [0.29, 0.717) is 6.04 Å². The highest BCUT2D eigenvalue weighted by atomic mass is 16.4. The summed E-state index contributed by atoms with van der Waals surface area (Å²) in [4.78, 5) is 13.7. The molecular weight excluding hydrogens is 226 g/mol. The van der Waals surface area contributed by atoms with Crippen LogP contribution in [0.4, 0.5) is 0 Å². The average Bonchev–Trinajstić information content (AvgIpc) is 2.63. The van der Waals surface area contributed by atoms with Crippen molar-refractivity contribution in [2.45, 2.75) is 44.3 Å². The van der Waals surface area contributed by atoms with Crippen molar-refractivity contribution in [1.82, 2.24) is 4.90 Å². The van der Waals surface area contributed by atoms with E-state index < -0.39 is 5.97 Å². The standard InChI is InChI=1S/C15H19NO2/c17-15(18)13-8-6-12-7-9-14(13)16(12)10-11-4-2-1-3-5-11/h1-5,12-14H,6-10H2,(H,17,18). The normalized spacial score (nSPS) is 31.4. The second-order valence-electron chi connectivity index (χ2n) is 5.48. The quantitative estimate of drug-likeness (QED) is 0.889. The van der Waals surface area contributed by atoms with Gasteiger partial charge in [0.05, 0.1) is 5.92 Å². The van der Waals surface area contributed by atoms with Gasteiger partial charge in [0.1, 0.15) is 0 Å². The van der Waals surface area contributed by atoms with E-state index in [1.54, 1.807) is 0 Å². The predicted molar refractivity (Wildman–Crippen MR) is 69.2 cm³/mol. The minimum absolute atomic E-state index is 0.160. The molecule has 0 aromatic heterocycles. The summed E-state index contributed by atoms with van der Waals surface area (Å²) in [5.41, 5.74) is 1.29. The first kappa shape index (κ1) is 11.7. The summed E-state index contributed by atoms with van der Waals surface area (Å²) in [5.74, 6) is -0.772. The van der Waals surface area contributed by atoms with Crippen LogP contribution in [-0.4, -0.2) is 28.1 Å². The molecule has 2 aliphatic heterocycles. The maximum absolute atomic E-state index is 11.3. The molecule has 1 aromatic rings. The van der Waals surface area contributed by atoms with Crippen molar-refractivity contribution in [2.24, 2.45) is 5.92 Å². The highest BCUT2D eigenvalue weighted by Gasteiger charge is 2.44. The summed E-state index contributed by atoms with van der Waals surface area (Å²) < 4.78 is 0. The van der Waals surface area contributed by atoms with Crippen LogP contribution in [0.1, 0.15) is 31.2 Å². The molecule has 2 aliphatic rings. The number of hydrogen-bond donors (Lipinski definition) is 1. The number of carboxylic acids is 1. The minimum Gasteiger partial charge on any atom is -0.481 e. The van der Waals surface area contributed by atoms with E-state index in [2.05, 4.69) is 29.2 Å². The lowest BCUT2D eigenvalue weighted by Gasteiger charge is -2.38. The first-order chi connectivity index (χ1) is 8.75. The van der Waals surface area contributed by atoms with Crippen molar-refractivity contribution in [3.05, 3.63) is 35.9 Å². The molecular formula is C15H19NO2. The maximum Gasteiger partial charge on any atom is 0.308 e. The van der Waals surface area contributed by atoms with E-state index >= 15 is 0 Å². The smallest absolute Gasteiger partial charge is 0.308 e. The Bertz CT molecular complexity index is 431. The Balaban J connectivity index is 1.78. The Labute approximate surface area is 107 Å². The van der Waals surface area contributed by atoms with Crippen LogP contribution in [0.3, 0.4) is 0 Å². The third kappa shape index (κ3) is 2.03. The molecule has 3 heteroatoms. The average molecular weight is 245 g/mol. The lowest BCUT2D eigenvalue weighted by molar-refractivity contribution is -0.145. The predicted octanol–water partition coefficient (Wildman–Crippen LogP) is 2.51. The van der Waals surface area contributed by atoms with E-state index in [4.69, 9.17) is 0 Å². The maximum atomic E-state index is 11.3. The minimum atomic E-state index is -0.613. The van der Waals surface area contributed by atoms with Crippen LogP contribution in [0.2, 0.25) is 0 Å². The molecule has 0 amide bonds. The monoisotopic (exact) mass is 245 g/mol. The number of carboxylic acid groups (broad SMARTS) is 1. The van der Waals surface area contributed by atoms with Crippen molar-refractivity contribution < 1.29 is 9.90 Å². The molecule has 2 fully saturated rings. The van der Waals surface area contributed by atoms with Crippen LogP contribution in [-0.2, 0) is 11.3 Å². The van der Waals surface area contributed by atoms with Gasteiger partial charge in [-0.1, -0.05) is 30.3 Å². The number of fused-ring (bicyclic) bond motifs is 2. The van der Waals surface area contributed by atoms with E-state index in [1.165, 1.54) is 12.0 Å². The van der Waals surface area contributed by atoms with Gasteiger partial charge in [-0.25, -0.2) is 0 Å². The number of hydrogen-bond acceptors (Lipinski definition) is 2. The zero-order valence-electron chi connectivity index (χ0n) is 10.5. The molecule has 3 unspecified atom stereocenters. The van der Waals surface area contributed by atoms with Gasteiger partial charge in [0, 0.05) is 18.6 Å². The van der Waals surface area contributed by atoms with Crippen molar-refractivity contribution in [2.75, 3.05) is 0 Å². The summed E-state index contributed by atoms with van der Waals surface area (Å²) >= 11 is 0. The van der Waals surface area contributed by atoms with Gasteiger partial charge in [-0.05, 0) is 31.2 Å². The van der Waals surface area contributed by atoms with Gasteiger partial charge in [-0.15, -0.1) is 0 Å². The molecule has 0 radical (unpaired) electrons. The van der Waals surface area contributed by atoms with Gasteiger partial charge in [0.2, 0.25) is 0 Å². The lowest BCUT2D eigenvalue weighted by atomic mass is 9.90. The molecule has 0 spiro atoms. The van der Waals surface area contributed by atoms with Gasteiger partial charge in [-0.2, -0.15) is 0 Å². The van der Waals surface area contributed by atoms with Crippen molar-refractivity contribution in [3.8, 4) is 0 Å². The number of piperidine rings is 1. The van der Waals surface area contributed by atoms with Crippen LogP contribution in [0, 0.1) is 5.92 Å². The van der Waals surface area contributed by atoms with Gasteiger partial charge in [0.25, 0.3) is 0 Å². The van der Waals surface area contributed by atoms with E-state index in [0.717, 1.165) is 25.8 Å². The molecule has 3 rings (SSSR count). The second-order valence-corrected chi connectivity index (χ2v) is 5.48. The number of benzene rings is 1. The number of aliphatic carboxylic acids is 1. The number of nitrogens with zero attached hydrogens (tertiary/aromatic N) is 1. The number of carbonyl (C=O) groups is 1. The zero-order chi connectivity index (χ0) is 12.5. The highest BCUT2D eigenvalue weighted by molar-refractivity contribution is 5.71. The van der Waals surface area contributed by atoms with Gasteiger partial charge in [0.15, 0.2) is 0 Å². The van der Waals surface area contributed by atoms with E-state index in [9.17, 15) is 9.90 Å². The van der Waals surface area contributed by atoms with E-state index in [-0.39, 0.29) is 12.0 Å². The number of rotatable bonds is 3. The van der Waals surface area contributed by atoms with Crippen LogP contribution in [0.25, 0.3) is 0 Å². The molecule has 1 N–H and O–H groups in total. The molecule has 0 aliphatic carbocycles. The van der Waals surface area contributed by atoms with Crippen LogP contribution in [0.5, 0.6) is 0 Å². The summed E-state index contributed by atoms with van der Waals surface area (Å²) in [6.07, 6.45) is 4.12. The van der Waals surface area contributed by atoms with Crippen molar-refractivity contribution in [1.29, 1.82) is 0 Å². The Morgan fingerprint density at radius 1 is 1.17 bits per heavy atom. The summed E-state index contributed by atoms with van der Waals surface area (Å²) in [6, 6.07) is 11.2. The molecule has 2 bridgehead atoms.